The number of carbonyl (C=O) groups excluding carboxylic acids is 2. The van der Waals surface area contributed by atoms with Crippen LogP contribution in [-0.4, -0.2) is 57.7 Å². The maximum atomic E-state index is 13.3. The molecule has 2 heterocycles. The summed E-state index contributed by atoms with van der Waals surface area (Å²) < 4.78 is 21.2. The number of methoxy groups -OCH3 is 1. The van der Waals surface area contributed by atoms with Crippen molar-refractivity contribution in [1.29, 1.82) is 0 Å². The van der Waals surface area contributed by atoms with E-state index in [0.717, 1.165) is 44.9 Å². The minimum atomic E-state index is -0.327. The Morgan fingerprint density at radius 3 is 2.14 bits per heavy atom. The summed E-state index contributed by atoms with van der Waals surface area (Å²) in [6.45, 7) is 21.9. The Hall–Kier alpha value is -2.94. The lowest BCUT2D eigenvalue weighted by molar-refractivity contribution is -0.249. The smallest absolute Gasteiger partial charge is 0.419 e. The van der Waals surface area contributed by atoms with Gasteiger partial charge < -0.3 is 14.2 Å². The zero-order valence-electron chi connectivity index (χ0n) is 31.8. The molecular formula is C41H60N4O5. The Balaban J connectivity index is 1.16. The van der Waals surface area contributed by atoms with E-state index in [1.807, 2.05) is 13.8 Å². The summed E-state index contributed by atoms with van der Waals surface area (Å²) in [5.41, 5.74) is 1.51. The highest BCUT2D eigenvalue weighted by atomic mass is 16.6. The first-order valence-electron chi connectivity index (χ1n) is 19.2. The number of hydrogen-bond acceptors (Lipinski definition) is 7. The SMILES string of the molecule is C=C(COC)[C@@H]1CC[C@]2(COC(=O)n3ccnc3C)CC[C@]3(C)[C@H](CC[C@@H]4[C@@]5(C)CC[C@H](OC(=O)n6ccnc6C)C(C)(C)[C@@H]5CC[C@]43C)[C@@H]12. The topological polar surface area (TPSA) is 97.5 Å². The predicted octanol–water partition coefficient (Wildman–Crippen LogP) is 9.02. The van der Waals surface area contributed by atoms with Crippen LogP contribution in [0.5, 0.6) is 0 Å². The second-order valence-corrected chi connectivity index (χ2v) is 18.3. The molecule has 0 unspecified atom stereocenters. The summed E-state index contributed by atoms with van der Waals surface area (Å²) in [7, 11) is 1.77. The first-order chi connectivity index (χ1) is 23.6. The van der Waals surface area contributed by atoms with Crippen molar-refractivity contribution in [2.45, 2.75) is 119 Å². The Bertz CT molecular complexity index is 1640. The monoisotopic (exact) mass is 688 g/mol. The van der Waals surface area contributed by atoms with E-state index in [0.29, 0.717) is 54.5 Å². The molecule has 0 aliphatic heterocycles. The van der Waals surface area contributed by atoms with Gasteiger partial charge in [0.05, 0.1) is 13.2 Å². The Labute approximate surface area is 298 Å². The summed E-state index contributed by atoms with van der Waals surface area (Å²) in [6.07, 6.45) is 17.0. The average molecular weight is 689 g/mol. The molecule has 0 N–H and O–H groups in total. The molecule has 10 atom stereocenters. The van der Waals surface area contributed by atoms with Gasteiger partial charge in [-0.15, -0.1) is 0 Å². The fourth-order valence-electron chi connectivity index (χ4n) is 13.5. The van der Waals surface area contributed by atoms with E-state index in [2.05, 4.69) is 51.2 Å². The molecule has 5 aliphatic rings. The maximum absolute atomic E-state index is 13.3. The standard InChI is InChI=1S/C41H60N4O5/c1-26(24-48-9)29-12-17-41(25-49-35(46)44-22-20-42-27(44)2)19-18-39(7)30(34(29)41)10-11-32-38(6)15-14-33(50-36(47)45-23-21-43-28(45)3)37(4,5)31(38)13-16-40(32,39)8/h20-23,29-34H,1,10-19,24-25H2,2-9H3/t29-,30+,31-,32+,33-,34+,38-,39+,40+,41+/m0/s1. The van der Waals surface area contributed by atoms with E-state index in [-0.39, 0.29) is 45.4 Å². The minimum Gasteiger partial charge on any atom is -0.448 e. The third-order valence-electron chi connectivity index (χ3n) is 16.2. The van der Waals surface area contributed by atoms with Gasteiger partial charge in [-0.25, -0.2) is 28.7 Å². The zero-order valence-corrected chi connectivity index (χ0v) is 31.8. The van der Waals surface area contributed by atoms with E-state index < -0.39 is 0 Å². The fourth-order valence-corrected chi connectivity index (χ4v) is 13.5. The van der Waals surface area contributed by atoms with Gasteiger partial charge in [0.2, 0.25) is 0 Å². The molecule has 274 valence electrons. The molecule has 0 radical (unpaired) electrons. The second-order valence-electron chi connectivity index (χ2n) is 18.3. The summed E-state index contributed by atoms with van der Waals surface area (Å²) in [4.78, 5) is 35.0. The lowest BCUT2D eigenvalue weighted by Crippen LogP contribution is -2.67. The first-order valence-corrected chi connectivity index (χ1v) is 19.2. The quantitative estimate of drug-likeness (QED) is 0.280. The van der Waals surface area contributed by atoms with E-state index >= 15 is 0 Å². The number of hydrogen-bond donors (Lipinski definition) is 0. The van der Waals surface area contributed by atoms with Crippen LogP contribution in [0.3, 0.4) is 0 Å². The normalized spacial score (nSPS) is 40.2. The molecule has 0 spiro atoms. The maximum Gasteiger partial charge on any atom is 0.419 e. The predicted molar refractivity (Wildman–Crippen MR) is 192 cm³/mol. The lowest BCUT2D eigenvalue weighted by Gasteiger charge is -2.73. The van der Waals surface area contributed by atoms with Gasteiger partial charge in [0, 0.05) is 42.7 Å². The second kappa shape index (κ2) is 12.3. The highest BCUT2D eigenvalue weighted by Crippen LogP contribution is 2.77. The van der Waals surface area contributed by atoms with E-state index in [1.54, 1.807) is 31.9 Å². The summed E-state index contributed by atoms with van der Waals surface area (Å²) in [5, 5.41) is 0. The van der Waals surface area contributed by atoms with Crippen LogP contribution < -0.4 is 0 Å². The van der Waals surface area contributed by atoms with Crippen LogP contribution in [0.2, 0.25) is 0 Å². The molecule has 9 nitrogen and oxygen atoms in total. The molecule has 0 aromatic carbocycles. The van der Waals surface area contributed by atoms with Crippen LogP contribution in [0.15, 0.2) is 36.9 Å². The number of aryl methyl sites for hydroxylation is 2. The van der Waals surface area contributed by atoms with Gasteiger partial charge in [-0.3, -0.25) is 0 Å². The fraction of sp³-hybridized carbons (Fsp3) is 0.756. The van der Waals surface area contributed by atoms with Crippen LogP contribution in [0.25, 0.3) is 0 Å². The third kappa shape index (κ3) is 5.09. The van der Waals surface area contributed by atoms with Crippen molar-refractivity contribution in [1.82, 2.24) is 19.1 Å². The van der Waals surface area contributed by atoms with Gasteiger partial charge in [0.15, 0.2) is 0 Å². The molecule has 5 aliphatic carbocycles. The number of fused-ring (bicyclic) bond motifs is 7. The number of imidazole rings is 2. The van der Waals surface area contributed by atoms with E-state index in [1.165, 1.54) is 34.0 Å². The molecule has 7 rings (SSSR count). The Morgan fingerprint density at radius 2 is 1.50 bits per heavy atom. The molecule has 2 aromatic heterocycles. The molecule has 50 heavy (non-hydrogen) atoms. The Morgan fingerprint density at radius 1 is 0.820 bits per heavy atom. The van der Waals surface area contributed by atoms with Crippen LogP contribution in [0.1, 0.15) is 110 Å². The molecule has 9 heteroatoms. The summed E-state index contributed by atoms with van der Waals surface area (Å²) >= 11 is 0. The van der Waals surface area contributed by atoms with Crippen molar-refractivity contribution in [2.75, 3.05) is 20.3 Å². The van der Waals surface area contributed by atoms with Crippen molar-refractivity contribution < 1.29 is 23.8 Å². The van der Waals surface area contributed by atoms with Crippen LogP contribution in [0.4, 0.5) is 9.59 Å². The van der Waals surface area contributed by atoms with Gasteiger partial charge in [0.25, 0.3) is 0 Å². The first kappa shape index (κ1) is 35.5. The van der Waals surface area contributed by atoms with Crippen LogP contribution in [-0.2, 0) is 14.2 Å². The van der Waals surface area contributed by atoms with Crippen molar-refractivity contribution in [3.05, 3.63) is 48.6 Å². The summed E-state index contributed by atoms with van der Waals surface area (Å²) in [6, 6.07) is 0. The third-order valence-corrected chi connectivity index (χ3v) is 16.2. The molecule has 0 amide bonds. The van der Waals surface area contributed by atoms with Gasteiger partial charge in [-0.1, -0.05) is 41.2 Å². The van der Waals surface area contributed by atoms with Crippen LogP contribution >= 0.6 is 0 Å². The molecule has 0 bridgehead atoms. The molecule has 2 aromatic rings. The van der Waals surface area contributed by atoms with Crippen LogP contribution in [0, 0.1) is 70.5 Å². The largest absolute Gasteiger partial charge is 0.448 e. The van der Waals surface area contributed by atoms with Crippen molar-refractivity contribution in [3.63, 3.8) is 0 Å². The molecule has 5 fully saturated rings. The average Bonchev–Trinajstić information content (AvgIpc) is 3.80. The van der Waals surface area contributed by atoms with Crippen molar-refractivity contribution >= 4 is 12.2 Å². The van der Waals surface area contributed by atoms with Gasteiger partial charge in [-0.05, 0) is 129 Å². The lowest BCUT2D eigenvalue weighted by atomic mass is 9.32. The minimum absolute atomic E-state index is 0.0580. The highest BCUT2D eigenvalue weighted by molar-refractivity contribution is 5.71. The Kier molecular flexibility index (Phi) is 8.75. The van der Waals surface area contributed by atoms with Crippen molar-refractivity contribution in [2.24, 2.45) is 56.7 Å². The molecular weight excluding hydrogens is 628 g/mol. The number of carbonyl (C=O) groups is 2. The molecule has 5 saturated carbocycles. The van der Waals surface area contributed by atoms with E-state index in [4.69, 9.17) is 14.2 Å². The van der Waals surface area contributed by atoms with Crippen molar-refractivity contribution in [3.8, 4) is 0 Å². The number of ether oxygens (including phenoxy) is 3. The zero-order chi connectivity index (χ0) is 35.9. The number of nitrogens with zero attached hydrogens (tertiary/aromatic N) is 4. The molecule has 0 saturated heterocycles. The van der Waals surface area contributed by atoms with E-state index in [9.17, 15) is 9.59 Å². The van der Waals surface area contributed by atoms with Gasteiger partial charge in [0.1, 0.15) is 17.8 Å². The van der Waals surface area contributed by atoms with Gasteiger partial charge in [-0.2, -0.15) is 0 Å². The number of rotatable bonds is 6. The highest BCUT2D eigenvalue weighted by Gasteiger charge is 2.71. The summed E-state index contributed by atoms with van der Waals surface area (Å²) in [5.74, 6) is 3.67. The number of aromatic nitrogens is 4. The van der Waals surface area contributed by atoms with Gasteiger partial charge >= 0.3 is 12.2 Å².